The van der Waals surface area contributed by atoms with Crippen molar-refractivity contribution >= 4 is 5.91 Å². The van der Waals surface area contributed by atoms with Gasteiger partial charge in [0.05, 0.1) is 29.2 Å². The van der Waals surface area contributed by atoms with Crippen LogP contribution in [-0.2, 0) is 0 Å². The van der Waals surface area contributed by atoms with Gasteiger partial charge in [-0.3, -0.25) is 4.79 Å². The number of aromatic nitrogens is 5. The van der Waals surface area contributed by atoms with Crippen molar-refractivity contribution in [3.8, 4) is 17.1 Å². The van der Waals surface area contributed by atoms with Gasteiger partial charge >= 0.3 is 0 Å². The fourth-order valence-electron chi connectivity index (χ4n) is 3.76. The summed E-state index contributed by atoms with van der Waals surface area (Å²) in [6, 6.07) is 9.97. The Bertz CT molecular complexity index is 1250. The van der Waals surface area contributed by atoms with Crippen LogP contribution in [0.5, 0.6) is 0 Å². The molecule has 1 aliphatic heterocycles. The van der Waals surface area contributed by atoms with Crippen molar-refractivity contribution in [1.82, 2.24) is 30.0 Å². The molecule has 0 unspecified atom stereocenters. The highest BCUT2D eigenvalue weighted by molar-refractivity contribution is 5.98. The minimum Gasteiger partial charge on any atom is -0.337 e. The third-order valence-electron chi connectivity index (χ3n) is 5.47. The van der Waals surface area contributed by atoms with E-state index in [1.165, 1.54) is 10.9 Å². The van der Waals surface area contributed by atoms with Gasteiger partial charge in [0.25, 0.3) is 5.91 Å². The van der Waals surface area contributed by atoms with Gasteiger partial charge < -0.3 is 9.42 Å². The number of nitrogens with zero attached hydrogens (tertiary/aromatic N) is 6. The summed E-state index contributed by atoms with van der Waals surface area (Å²) in [4.78, 5) is 20.9. The Balaban J connectivity index is 1.45. The van der Waals surface area contributed by atoms with Gasteiger partial charge in [-0.15, -0.1) is 0 Å². The maximum atomic E-state index is 14.3. The van der Waals surface area contributed by atoms with Crippen LogP contribution in [0, 0.1) is 19.7 Å². The molecule has 1 aliphatic rings. The SMILES string of the molecule is Cc1ccc(-n2nccn2)c(C(=O)N2CC[C@H]2c2nc(-c3c(C)cccc3F)no2)c1. The Morgan fingerprint density at radius 1 is 1.16 bits per heavy atom. The molecule has 0 aliphatic carbocycles. The van der Waals surface area contributed by atoms with E-state index < -0.39 is 5.82 Å². The lowest BCUT2D eigenvalue weighted by molar-refractivity contribution is 0.0378. The third kappa shape index (κ3) is 3.27. The van der Waals surface area contributed by atoms with Gasteiger partial charge in [0, 0.05) is 6.54 Å². The summed E-state index contributed by atoms with van der Waals surface area (Å²) < 4.78 is 19.7. The number of amides is 1. The van der Waals surface area contributed by atoms with E-state index in [2.05, 4.69) is 20.3 Å². The van der Waals surface area contributed by atoms with E-state index in [0.29, 0.717) is 41.2 Å². The first kappa shape index (κ1) is 19.1. The van der Waals surface area contributed by atoms with Crippen LogP contribution in [-0.4, -0.2) is 42.5 Å². The molecule has 0 N–H and O–H groups in total. The van der Waals surface area contributed by atoms with Crippen LogP contribution in [0.4, 0.5) is 4.39 Å². The molecular weight excluding hydrogens is 399 g/mol. The molecule has 0 radical (unpaired) electrons. The molecule has 1 amide bonds. The van der Waals surface area contributed by atoms with E-state index in [0.717, 1.165) is 5.56 Å². The number of benzene rings is 2. The normalized spacial score (nSPS) is 15.7. The van der Waals surface area contributed by atoms with Crippen molar-refractivity contribution in [3.63, 3.8) is 0 Å². The quantitative estimate of drug-likeness (QED) is 0.502. The first-order valence-electron chi connectivity index (χ1n) is 9.90. The number of carbonyl (C=O) groups excluding carboxylic acids is 1. The van der Waals surface area contributed by atoms with E-state index in [1.54, 1.807) is 36.4 Å². The van der Waals surface area contributed by atoms with Gasteiger partial charge in [0.15, 0.2) is 0 Å². The predicted molar refractivity (Wildman–Crippen MR) is 109 cm³/mol. The fraction of sp³-hybridized carbons (Fsp3) is 0.227. The summed E-state index contributed by atoms with van der Waals surface area (Å²) in [6.07, 6.45) is 3.81. The lowest BCUT2D eigenvalue weighted by Gasteiger charge is -2.38. The summed E-state index contributed by atoms with van der Waals surface area (Å²) in [7, 11) is 0. The summed E-state index contributed by atoms with van der Waals surface area (Å²) >= 11 is 0. The monoisotopic (exact) mass is 418 g/mol. The topological polar surface area (TPSA) is 89.9 Å². The van der Waals surface area contributed by atoms with Gasteiger partial charge in [-0.25, -0.2) is 4.39 Å². The highest BCUT2D eigenvalue weighted by Gasteiger charge is 2.39. The Morgan fingerprint density at radius 3 is 2.68 bits per heavy atom. The summed E-state index contributed by atoms with van der Waals surface area (Å²) in [6.45, 7) is 4.27. The Labute approximate surface area is 177 Å². The number of halogens is 1. The molecule has 2 aromatic carbocycles. The molecule has 3 heterocycles. The Morgan fingerprint density at radius 2 is 1.97 bits per heavy atom. The largest absolute Gasteiger partial charge is 0.337 e. The van der Waals surface area contributed by atoms with Crippen LogP contribution < -0.4 is 0 Å². The van der Waals surface area contributed by atoms with Gasteiger partial charge in [-0.2, -0.15) is 20.0 Å². The molecular formula is C22H19FN6O2. The zero-order valence-corrected chi connectivity index (χ0v) is 17.0. The first-order chi connectivity index (χ1) is 15.0. The highest BCUT2D eigenvalue weighted by atomic mass is 19.1. The maximum absolute atomic E-state index is 14.3. The van der Waals surface area contributed by atoms with Gasteiger partial charge in [0.1, 0.15) is 11.9 Å². The Hall–Kier alpha value is -3.88. The van der Waals surface area contributed by atoms with Crippen molar-refractivity contribution in [3.05, 3.63) is 77.2 Å². The van der Waals surface area contributed by atoms with Crippen molar-refractivity contribution in [2.75, 3.05) is 6.54 Å². The molecule has 0 saturated carbocycles. The van der Waals surface area contributed by atoms with Crippen LogP contribution in [0.15, 0.2) is 53.3 Å². The molecule has 1 saturated heterocycles. The smallest absolute Gasteiger partial charge is 0.256 e. The molecule has 156 valence electrons. The van der Waals surface area contributed by atoms with E-state index in [4.69, 9.17) is 4.52 Å². The summed E-state index contributed by atoms with van der Waals surface area (Å²) in [5.74, 6) is -0.107. The van der Waals surface area contributed by atoms with Crippen LogP contribution in [0.25, 0.3) is 17.1 Å². The molecule has 31 heavy (non-hydrogen) atoms. The number of hydrogen-bond acceptors (Lipinski definition) is 6. The van der Waals surface area contributed by atoms with E-state index in [1.807, 2.05) is 25.1 Å². The minimum absolute atomic E-state index is 0.172. The maximum Gasteiger partial charge on any atom is 0.256 e. The lowest BCUT2D eigenvalue weighted by Crippen LogP contribution is -2.45. The van der Waals surface area contributed by atoms with Crippen molar-refractivity contribution < 1.29 is 13.7 Å². The van der Waals surface area contributed by atoms with Crippen molar-refractivity contribution in [2.24, 2.45) is 0 Å². The zero-order valence-electron chi connectivity index (χ0n) is 17.0. The van der Waals surface area contributed by atoms with E-state index >= 15 is 0 Å². The second-order valence-corrected chi connectivity index (χ2v) is 7.53. The zero-order chi connectivity index (χ0) is 21.5. The Kier molecular flexibility index (Phi) is 4.58. The second-order valence-electron chi connectivity index (χ2n) is 7.53. The predicted octanol–water partition coefficient (Wildman–Crippen LogP) is 3.66. The van der Waals surface area contributed by atoms with E-state index in [9.17, 15) is 9.18 Å². The lowest BCUT2D eigenvalue weighted by atomic mass is 9.99. The molecule has 4 aromatic rings. The van der Waals surface area contributed by atoms with Gasteiger partial charge in [0.2, 0.25) is 11.7 Å². The standard InChI is InChI=1S/C22H19FN6O2/c1-13-6-7-17(29-24-9-10-25-29)15(12-13)22(30)28-11-8-18(28)21-26-20(27-31-21)19-14(2)4-3-5-16(19)23/h3-7,9-10,12,18H,8,11H2,1-2H3/t18-/m0/s1. The average Bonchev–Trinajstić information content (AvgIpc) is 3.40. The number of rotatable bonds is 4. The molecule has 1 fully saturated rings. The van der Waals surface area contributed by atoms with Crippen LogP contribution in [0.3, 0.4) is 0 Å². The second kappa shape index (κ2) is 7.42. The molecule has 8 nitrogen and oxygen atoms in total. The van der Waals surface area contributed by atoms with Crippen molar-refractivity contribution in [2.45, 2.75) is 26.3 Å². The number of aryl methyl sites for hydroxylation is 2. The fourth-order valence-corrected chi connectivity index (χ4v) is 3.76. The van der Waals surface area contributed by atoms with Crippen LogP contribution in [0.1, 0.15) is 39.8 Å². The highest BCUT2D eigenvalue weighted by Crippen LogP contribution is 2.36. The molecule has 5 rings (SSSR count). The van der Waals surface area contributed by atoms with Gasteiger partial charge in [-0.1, -0.05) is 28.9 Å². The summed E-state index contributed by atoms with van der Waals surface area (Å²) in [5, 5.41) is 12.3. The number of carbonyl (C=O) groups is 1. The minimum atomic E-state index is -0.412. The van der Waals surface area contributed by atoms with Gasteiger partial charge in [-0.05, 0) is 44.0 Å². The molecule has 2 aromatic heterocycles. The molecule has 1 atom stereocenters. The summed E-state index contributed by atoms with van der Waals surface area (Å²) in [5.41, 5.74) is 3.06. The molecule has 9 heteroatoms. The number of hydrogen-bond donors (Lipinski definition) is 0. The molecule has 0 spiro atoms. The van der Waals surface area contributed by atoms with Crippen LogP contribution in [0.2, 0.25) is 0 Å². The van der Waals surface area contributed by atoms with E-state index in [-0.39, 0.29) is 17.8 Å². The number of likely N-dealkylation sites (tertiary alicyclic amines) is 1. The van der Waals surface area contributed by atoms with Crippen molar-refractivity contribution in [1.29, 1.82) is 0 Å². The average molecular weight is 418 g/mol. The molecule has 0 bridgehead atoms. The first-order valence-corrected chi connectivity index (χ1v) is 9.90. The third-order valence-corrected chi connectivity index (χ3v) is 5.47. The van der Waals surface area contributed by atoms with Crippen LogP contribution >= 0.6 is 0 Å².